The van der Waals surface area contributed by atoms with Crippen molar-refractivity contribution in [1.29, 1.82) is 0 Å². The average Bonchev–Trinajstić information content (AvgIpc) is 2.94. The largest absolute Gasteiger partial charge is 0.464 e. The van der Waals surface area contributed by atoms with Crippen molar-refractivity contribution < 1.29 is 36.9 Å². The number of thioether (sulfide) groups is 1. The van der Waals surface area contributed by atoms with Gasteiger partial charge in [0, 0.05) is 34.7 Å². The third-order valence-corrected chi connectivity index (χ3v) is 7.19. The van der Waals surface area contributed by atoms with Gasteiger partial charge in [-0.3, -0.25) is 4.90 Å². The first-order valence-electron chi connectivity index (χ1n) is 13.1. The Kier molecular flexibility index (Phi) is 10.5. The Morgan fingerprint density at radius 1 is 1.24 bits per heavy atom. The Labute approximate surface area is 241 Å². The number of carbonyl (C=O) groups is 1. The van der Waals surface area contributed by atoms with E-state index in [1.165, 1.54) is 24.0 Å². The number of hydrogen-bond donors (Lipinski definition) is 0. The summed E-state index contributed by atoms with van der Waals surface area (Å²) in [4.78, 5) is 19.3. The molecule has 1 fully saturated rings. The third kappa shape index (κ3) is 9.36. The molecule has 2 heterocycles. The van der Waals surface area contributed by atoms with Gasteiger partial charge in [0.2, 0.25) is 5.88 Å². The SMILES string of the molecule is CCOC(=O)COC1(C)C=CC(Sc2cc(C#CCN3CCOCC3)cc(Oc3ncccc3C(F)(F)F)c2)=CC1. The molecule has 1 aliphatic heterocycles. The maximum Gasteiger partial charge on any atom is 0.421 e. The lowest BCUT2D eigenvalue weighted by Gasteiger charge is -2.27. The minimum atomic E-state index is -4.61. The van der Waals surface area contributed by atoms with Crippen molar-refractivity contribution in [3.05, 3.63) is 70.8 Å². The third-order valence-electron chi connectivity index (χ3n) is 6.18. The van der Waals surface area contributed by atoms with Crippen LogP contribution in [0.25, 0.3) is 0 Å². The number of esters is 1. The molecule has 41 heavy (non-hydrogen) atoms. The highest BCUT2D eigenvalue weighted by molar-refractivity contribution is 8.03. The van der Waals surface area contributed by atoms with Crippen LogP contribution >= 0.6 is 11.8 Å². The molecule has 0 amide bonds. The van der Waals surface area contributed by atoms with Crippen molar-refractivity contribution in [3.8, 4) is 23.5 Å². The summed E-state index contributed by atoms with van der Waals surface area (Å²) >= 11 is 1.42. The maximum atomic E-state index is 13.6. The van der Waals surface area contributed by atoms with Crippen LogP contribution in [0.15, 0.2) is 64.6 Å². The van der Waals surface area contributed by atoms with E-state index in [0.29, 0.717) is 31.7 Å². The van der Waals surface area contributed by atoms with Gasteiger partial charge in [-0.1, -0.05) is 35.8 Å². The number of carbonyl (C=O) groups excluding carboxylic acids is 1. The number of pyridine rings is 1. The number of rotatable bonds is 9. The molecule has 0 saturated carbocycles. The molecule has 1 unspecified atom stereocenters. The van der Waals surface area contributed by atoms with E-state index in [1.54, 1.807) is 19.1 Å². The topological polar surface area (TPSA) is 70.1 Å². The fourth-order valence-electron chi connectivity index (χ4n) is 4.02. The van der Waals surface area contributed by atoms with Crippen molar-refractivity contribution in [3.63, 3.8) is 0 Å². The molecule has 218 valence electrons. The minimum absolute atomic E-state index is 0.149. The summed E-state index contributed by atoms with van der Waals surface area (Å²) in [5.74, 6) is 5.51. The van der Waals surface area contributed by atoms with E-state index in [1.807, 2.05) is 31.2 Å². The Hall–Kier alpha value is -3.30. The molecule has 4 rings (SSSR count). The van der Waals surface area contributed by atoms with Gasteiger partial charge in [0.1, 0.15) is 17.9 Å². The van der Waals surface area contributed by atoms with Gasteiger partial charge in [0.05, 0.1) is 32.0 Å². The number of nitrogens with zero attached hydrogens (tertiary/aromatic N) is 2. The van der Waals surface area contributed by atoms with E-state index in [-0.39, 0.29) is 19.0 Å². The molecular weight excluding hydrogens is 557 g/mol. The molecule has 1 saturated heterocycles. The van der Waals surface area contributed by atoms with Crippen LogP contribution in [0.5, 0.6) is 11.6 Å². The molecule has 1 aliphatic carbocycles. The summed E-state index contributed by atoms with van der Waals surface area (Å²) in [5, 5.41) is 0. The van der Waals surface area contributed by atoms with Gasteiger partial charge in [-0.25, -0.2) is 9.78 Å². The van der Waals surface area contributed by atoms with E-state index < -0.39 is 29.2 Å². The Morgan fingerprint density at radius 3 is 2.76 bits per heavy atom. The monoisotopic (exact) mass is 588 g/mol. The zero-order chi connectivity index (χ0) is 29.3. The second-order valence-corrected chi connectivity index (χ2v) is 10.6. The van der Waals surface area contributed by atoms with Crippen molar-refractivity contribution >= 4 is 17.7 Å². The number of allylic oxidation sites excluding steroid dienone is 1. The molecule has 2 aromatic rings. The van der Waals surface area contributed by atoms with E-state index in [9.17, 15) is 18.0 Å². The standard InChI is InChI=1S/C30H31F3N2O5S/c1-3-38-27(36)21-39-29(2)10-8-24(9-11-29)41-25-19-22(6-5-13-35-14-16-37-17-15-35)18-23(20-25)40-28-26(30(31,32)33)7-4-12-34-28/h4,7-10,12,18-20H,3,11,13-17,21H2,1-2H3. The molecule has 11 heteroatoms. The first kappa shape index (κ1) is 30.7. The number of alkyl halides is 3. The molecule has 1 aromatic carbocycles. The van der Waals surface area contributed by atoms with Crippen molar-refractivity contribution in [2.75, 3.05) is 46.1 Å². The van der Waals surface area contributed by atoms with Crippen LogP contribution in [0.1, 0.15) is 31.4 Å². The first-order chi connectivity index (χ1) is 19.6. The molecule has 7 nitrogen and oxygen atoms in total. The van der Waals surface area contributed by atoms with Crippen LogP contribution in [0, 0.1) is 11.8 Å². The highest BCUT2D eigenvalue weighted by atomic mass is 32.2. The first-order valence-corrected chi connectivity index (χ1v) is 14.0. The van der Waals surface area contributed by atoms with Gasteiger partial charge in [0.15, 0.2) is 0 Å². The molecule has 2 aliphatic rings. The molecule has 0 N–H and O–H groups in total. The zero-order valence-electron chi connectivity index (χ0n) is 22.8. The second kappa shape index (κ2) is 14.0. The smallest absolute Gasteiger partial charge is 0.421 e. The summed E-state index contributed by atoms with van der Waals surface area (Å²) in [6, 6.07) is 7.29. The summed E-state index contributed by atoms with van der Waals surface area (Å²) in [7, 11) is 0. The fraction of sp³-hybridized carbons (Fsp3) is 0.400. The number of benzene rings is 1. The van der Waals surface area contributed by atoms with Crippen molar-refractivity contribution in [1.82, 2.24) is 9.88 Å². The summed E-state index contributed by atoms with van der Waals surface area (Å²) in [6.45, 7) is 7.21. The molecule has 1 aromatic heterocycles. The van der Waals surface area contributed by atoms with Gasteiger partial charge < -0.3 is 18.9 Å². The average molecular weight is 589 g/mol. The minimum Gasteiger partial charge on any atom is -0.464 e. The molecule has 1 atom stereocenters. The van der Waals surface area contributed by atoms with Crippen LogP contribution in [0.2, 0.25) is 0 Å². The Balaban J connectivity index is 1.53. The van der Waals surface area contributed by atoms with E-state index in [4.69, 9.17) is 18.9 Å². The molecule has 0 bridgehead atoms. The Bertz CT molecular complexity index is 1350. The van der Waals surface area contributed by atoms with E-state index >= 15 is 0 Å². The summed E-state index contributed by atoms with van der Waals surface area (Å²) in [6.07, 6.45) is 2.91. The highest BCUT2D eigenvalue weighted by Gasteiger charge is 2.35. The zero-order valence-corrected chi connectivity index (χ0v) is 23.6. The normalized spacial score (nSPS) is 19.2. The fourth-order valence-corrected chi connectivity index (χ4v) is 4.95. The lowest BCUT2D eigenvalue weighted by atomic mass is 9.97. The summed E-state index contributed by atoms with van der Waals surface area (Å²) in [5.41, 5.74) is -1.02. The number of aromatic nitrogens is 1. The predicted octanol–water partition coefficient (Wildman–Crippen LogP) is 5.85. The maximum absolute atomic E-state index is 13.6. The number of hydrogen-bond acceptors (Lipinski definition) is 8. The van der Waals surface area contributed by atoms with E-state index in [2.05, 4.69) is 21.7 Å². The summed E-state index contributed by atoms with van der Waals surface area (Å²) < 4.78 is 62.4. The van der Waals surface area contributed by atoms with Crippen LogP contribution in [-0.4, -0.2) is 67.5 Å². The van der Waals surface area contributed by atoms with Crippen LogP contribution in [0.4, 0.5) is 13.2 Å². The van der Waals surface area contributed by atoms with Gasteiger partial charge in [0.25, 0.3) is 0 Å². The molecular formula is C30H31F3N2O5S. The van der Waals surface area contributed by atoms with E-state index in [0.717, 1.165) is 29.0 Å². The lowest BCUT2D eigenvalue weighted by Crippen LogP contribution is -2.36. The van der Waals surface area contributed by atoms with Gasteiger partial charge in [-0.2, -0.15) is 13.2 Å². The van der Waals surface area contributed by atoms with Crippen molar-refractivity contribution in [2.24, 2.45) is 0 Å². The van der Waals surface area contributed by atoms with Crippen LogP contribution in [0.3, 0.4) is 0 Å². The van der Waals surface area contributed by atoms with Gasteiger partial charge in [-0.05, 0) is 56.7 Å². The highest BCUT2D eigenvalue weighted by Crippen LogP contribution is 2.39. The number of morpholine rings is 1. The molecule has 0 spiro atoms. The number of halogens is 3. The van der Waals surface area contributed by atoms with Gasteiger partial charge in [-0.15, -0.1) is 0 Å². The Morgan fingerprint density at radius 2 is 2.05 bits per heavy atom. The second-order valence-electron chi connectivity index (χ2n) is 9.49. The van der Waals surface area contributed by atoms with Crippen LogP contribution < -0.4 is 4.74 Å². The lowest BCUT2D eigenvalue weighted by molar-refractivity contribution is -0.152. The van der Waals surface area contributed by atoms with Crippen LogP contribution in [-0.2, 0) is 25.2 Å². The molecule has 0 radical (unpaired) electrons. The van der Waals surface area contributed by atoms with Gasteiger partial charge >= 0.3 is 12.1 Å². The predicted molar refractivity (Wildman–Crippen MR) is 149 cm³/mol. The number of ether oxygens (including phenoxy) is 4. The van der Waals surface area contributed by atoms with Crippen molar-refractivity contribution in [2.45, 2.75) is 36.9 Å². The quantitative estimate of drug-likeness (QED) is 0.267.